The number of hydrogen-bond donors (Lipinski definition) is 0. The summed E-state index contributed by atoms with van der Waals surface area (Å²) in [7, 11) is 3.85. The molecule has 0 bridgehead atoms. The quantitative estimate of drug-likeness (QED) is 0.297. The SMILES string of the molecule is C/C=C\C=C(/CC=O)N=C(C)N(C)C. The Hall–Kier alpha value is -1.38. The van der Waals surface area contributed by atoms with Crippen LogP contribution in [0.1, 0.15) is 20.3 Å². The molecule has 0 unspecified atom stereocenters. The van der Waals surface area contributed by atoms with Gasteiger partial charge in [0.05, 0.1) is 0 Å². The van der Waals surface area contributed by atoms with E-state index in [0.29, 0.717) is 6.42 Å². The van der Waals surface area contributed by atoms with Gasteiger partial charge >= 0.3 is 0 Å². The lowest BCUT2D eigenvalue weighted by Gasteiger charge is -2.11. The van der Waals surface area contributed by atoms with Crippen LogP contribution in [0.25, 0.3) is 0 Å². The topological polar surface area (TPSA) is 32.7 Å². The van der Waals surface area contributed by atoms with Crippen LogP contribution in [0.2, 0.25) is 0 Å². The second kappa shape index (κ2) is 7.06. The van der Waals surface area contributed by atoms with Crippen molar-refractivity contribution in [1.29, 1.82) is 0 Å². The van der Waals surface area contributed by atoms with Crippen molar-refractivity contribution in [3.8, 4) is 0 Å². The molecule has 0 heterocycles. The predicted octanol–water partition coefficient (Wildman–Crippen LogP) is 2.02. The maximum absolute atomic E-state index is 10.4. The van der Waals surface area contributed by atoms with E-state index < -0.39 is 0 Å². The molecule has 0 spiro atoms. The van der Waals surface area contributed by atoms with Crippen molar-refractivity contribution in [3.63, 3.8) is 0 Å². The number of aliphatic imine (C=N–C) groups is 1. The zero-order chi connectivity index (χ0) is 11.0. The van der Waals surface area contributed by atoms with Gasteiger partial charge in [0.1, 0.15) is 12.1 Å². The van der Waals surface area contributed by atoms with E-state index in [1.165, 1.54) is 0 Å². The van der Waals surface area contributed by atoms with Crippen molar-refractivity contribution in [2.45, 2.75) is 20.3 Å². The number of aldehydes is 1. The molecule has 0 N–H and O–H groups in total. The number of hydrogen-bond acceptors (Lipinski definition) is 2. The third kappa shape index (κ3) is 5.30. The lowest BCUT2D eigenvalue weighted by Crippen LogP contribution is -2.18. The van der Waals surface area contributed by atoms with Gasteiger partial charge in [0.15, 0.2) is 0 Å². The van der Waals surface area contributed by atoms with Crippen LogP contribution in [-0.4, -0.2) is 31.1 Å². The van der Waals surface area contributed by atoms with Gasteiger partial charge in [-0.15, -0.1) is 0 Å². The van der Waals surface area contributed by atoms with E-state index in [9.17, 15) is 4.79 Å². The molecule has 0 amide bonds. The smallest absolute Gasteiger partial charge is 0.125 e. The molecular weight excluding hydrogens is 176 g/mol. The maximum atomic E-state index is 10.4. The van der Waals surface area contributed by atoms with E-state index in [4.69, 9.17) is 0 Å². The predicted molar refractivity (Wildman–Crippen MR) is 60.4 cm³/mol. The molecule has 0 aromatic heterocycles. The summed E-state index contributed by atoms with van der Waals surface area (Å²) in [5, 5.41) is 0. The van der Waals surface area contributed by atoms with Crippen LogP contribution in [0.3, 0.4) is 0 Å². The van der Waals surface area contributed by atoms with Crippen molar-refractivity contribution in [2.24, 2.45) is 4.99 Å². The minimum absolute atomic E-state index is 0.357. The standard InChI is InChI=1S/C11H18N2O/c1-5-6-7-11(8-9-14)12-10(2)13(3)4/h5-7,9H,8H2,1-4H3/b6-5-,11-7+,12-10?. The van der Waals surface area contributed by atoms with Crippen molar-refractivity contribution >= 4 is 12.1 Å². The fraction of sp³-hybridized carbons (Fsp3) is 0.455. The van der Waals surface area contributed by atoms with Crippen molar-refractivity contribution in [1.82, 2.24) is 4.90 Å². The van der Waals surface area contributed by atoms with Gasteiger partial charge in [0.2, 0.25) is 0 Å². The molecule has 0 aliphatic heterocycles. The molecule has 0 saturated heterocycles. The van der Waals surface area contributed by atoms with Gasteiger partial charge in [-0.05, 0) is 19.9 Å². The summed E-state index contributed by atoms with van der Waals surface area (Å²) in [6.45, 7) is 3.84. The van der Waals surface area contributed by atoms with E-state index >= 15 is 0 Å². The van der Waals surface area contributed by atoms with E-state index in [-0.39, 0.29) is 0 Å². The third-order valence-electron chi connectivity index (χ3n) is 1.73. The van der Waals surface area contributed by atoms with E-state index in [1.807, 2.05) is 51.1 Å². The normalized spacial score (nSPS) is 13.4. The largest absolute Gasteiger partial charge is 0.366 e. The van der Waals surface area contributed by atoms with Crippen molar-refractivity contribution < 1.29 is 4.79 Å². The highest BCUT2D eigenvalue weighted by molar-refractivity contribution is 5.80. The molecule has 0 saturated carbocycles. The first-order valence-electron chi connectivity index (χ1n) is 4.60. The van der Waals surface area contributed by atoms with E-state index in [1.54, 1.807) is 0 Å². The Labute approximate surface area is 85.8 Å². The molecule has 0 aliphatic rings. The van der Waals surface area contributed by atoms with Crippen LogP contribution in [0.15, 0.2) is 28.9 Å². The first kappa shape index (κ1) is 12.6. The zero-order valence-corrected chi connectivity index (χ0v) is 9.32. The molecule has 0 rings (SSSR count). The second-order valence-electron chi connectivity index (χ2n) is 3.11. The minimum atomic E-state index is 0.357. The summed E-state index contributed by atoms with van der Waals surface area (Å²) in [6.07, 6.45) is 6.86. The fourth-order valence-electron chi connectivity index (χ4n) is 0.751. The maximum Gasteiger partial charge on any atom is 0.125 e. The number of nitrogens with zero attached hydrogens (tertiary/aromatic N) is 2. The molecule has 0 fully saturated rings. The van der Waals surface area contributed by atoms with Gasteiger partial charge < -0.3 is 9.69 Å². The second-order valence-corrected chi connectivity index (χ2v) is 3.11. The molecule has 78 valence electrons. The van der Waals surface area contributed by atoms with Crippen LogP contribution in [0, 0.1) is 0 Å². The first-order valence-corrected chi connectivity index (χ1v) is 4.60. The molecule has 0 aromatic carbocycles. The average molecular weight is 194 g/mol. The Morgan fingerprint density at radius 3 is 2.50 bits per heavy atom. The molecule has 14 heavy (non-hydrogen) atoms. The summed E-state index contributed by atoms with van der Waals surface area (Å²) in [5.41, 5.74) is 0.782. The highest BCUT2D eigenvalue weighted by Crippen LogP contribution is 2.03. The lowest BCUT2D eigenvalue weighted by molar-refractivity contribution is -0.107. The highest BCUT2D eigenvalue weighted by Gasteiger charge is 1.96. The summed E-state index contributed by atoms with van der Waals surface area (Å²) < 4.78 is 0. The molecule has 3 nitrogen and oxygen atoms in total. The summed E-state index contributed by atoms with van der Waals surface area (Å²) in [6, 6.07) is 0. The Bertz CT molecular complexity index is 262. The van der Waals surface area contributed by atoms with Gasteiger partial charge in [-0.25, -0.2) is 4.99 Å². The highest BCUT2D eigenvalue weighted by atomic mass is 16.1. The van der Waals surface area contributed by atoms with Gasteiger partial charge in [-0.1, -0.05) is 12.2 Å². The monoisotopic (exact) mass is 194 g/mol. The van der Waals surface area contributed by atoms with E-state index in [0.717, 1.165) is 17.8 Å². The van der Waals surface area contributed by atoms with Crippen LogP contribution < -0.4 is 0 Å². The minimum Gasteiger partial charge on any atom is -0.366 e. The summed E-state index contributed by atoms with van der Waals surface area (Å²) >= 11 is 0. The van der Waals surface area contributed by atoms with Gasteiger partial charge in [-0.2, -0.15) is 0 Å². The fourth-order valence-corrected chi connectivity index (χ4v) is 0.751. The zero-order valence-electron chi connectivity index (χ0n) is 9.32. The first-order chi connectivity index (χ1) is 6.61. The number of carbonyl (C=O) groups excluding carboxylic acids is 1. The molecule has 0 radical (unpaired) electrons. The van der Waals surface area contributed by atoms with Crippen LogP contribution in [0.4, 0.5) is 0 Å². The molecule has 3 heteroatoms. The lowest BCUT2D eigenvalue weighted by atomic mass is 10.3. The molecular formula is C11H18N2O. The number of allylic oxidation sites excluding steroid dienone is 4. The van der Waals surface area contributed by atoms with Gasteiger partial charge in [0.25, 0.3) is 0 Å². The number of amidine groups is 1. The van der Waals surface area contributed by atoms with Crippen molar-refractivity contribution in [2.75, 3.05) is 14.1 Å². The molecule has 0 aromatic rings. The Balaban J connectivity index is 4.66. The third-order valence-corrected chi connectivity index (χ3v) is 1.73. The van der Waals surface area contributed by atoms with Crippen LogP contribution >= 0.6 is 0 Å². The van der Waals surface area contributed by atoms with Gasteiger partial charge in [0, 0.05) is 26.2 Å². The summed E-state index contributed by atoms with van der Waals surface area (Å²) in [4.78, 5) is 16.6. The average Bonchev–Trinajstić information content (AvgIpc) is 2.14. The molecule has 0 atom stereocenters. The van der Waals surface area contributed by atoms with Crippen LogP contribution in [0.5, 0.6) is 0 Å². The molecule has 0 aliphatic carbocycles. The van der Waals surface area contributed by atoms with Crippen LogP contribution in [-0.2, 0) is 4.79 Å². The number of rotatable bonds is 4. The number of carbonyl (C=O) groups is 1. The van der Waals surface area contributed by atoms with Gasteiger partial charge in [-0.3, -0.25) is 0 Å². The summed E-state index contributed by atoms with van der Waals surface area (Å²) in [5.74, 6) is 0.891. The Kier molecular flexibility index (Phi) is 6.37. The Morgan fingerprint density at radius 1 is 1.43 bits per heavy atom. The van der Waals surface area contributed by atoms with E-state index in [2.05, 4.69) is 4.99 Å². The Morgan fingerprint density at radius 2 is 2.07 bits per heavy atom. The van der Waals surface area contributed by atoms with Crippen molar-refractivity contribution in [3.05, 3.63) is 23.9 Å².